The smallest absolute Gasteiger partial charge is 0.347 e. The number of hydrogen-bond donors (Lipinski definition) is 0. The van der Waals surface area contributed by atoms with E-state index in [2.05, 4.69) is 0 Å². The minimum atomic E-state index is -0.547. The van der Waals surface area contributed by atoms with Gasteiger partial charge in [-0.1, -0.05) is 43.5 Å². The molecular weight excluding hydrogens is 276 g/mol. The number of hydrogen-bond acceptors (Lipinski definition) is 3. The van der Waals surface area contributed by atoms with Gasteiger partial charge in [-0.2, -0.15) is 0 Å². The third-order valence-electron chi connectivity index (χ3n) is 4.49. The zero-order valence-electron chi connectivity index (χ0n) is 12.8. The average molecular weight is 296 g/mol. The number of allylic oxidation sites excluding steroid dienone is 2. The van der Waals surface area contributed by atoms with E-state index in [0.29, 0.717) is 17.1 Å². The van der Waals surface area contributed by atoms with Crippen LogP contribution in [-0.4, -0.2) is 5.78 Å². The summed E-state index contributed by atoms with van der Waals surface area (Å²) in [5.74, 6) is 0.216. The zero-order valence-corrected chi connectivity index (χ0v) is 12.8. The number of fused-ring (bicyclic) bond motifs is 1. The zero-order chi connectivity index (χ0) is 15.5. The van der Waals surface area contributed by atoms with Gasteiger partial charge in [0.05, 0.1) is 0 Å². The molecule has 0 amide bonds. The van der Waals surface area contributed by atoms with Crippen LogP contribution in [-0.2, 0) is 0 Å². The first-order valence-corrected chi connectivity index (χ1v) is 7.92. The quantitative estimate of drug-likeness (QED) is 0.478. The molecule has 0 N–H and O–H groups in total. The molecule has 3 heteroatoms. The predicted molar refractivity (Wildman–Crippen MR) is 87.3 cm³/mol. The van der Waals surface area contributed by atoms with Crippen molar-refractivity contribution in [3.63, 3.8) is 0 Å². The molecule has 1 saturated carbocycles. The van der Waals surface area contributed by atoms with E-state index in [4.69, 9.17) is 4.42 Å². The summed E-state index contributed by atoms with van der Waals surface area (Å²) in [7, 11) is 0. The summed E-state index contributed by atoms with van der Waals surface area (Å²) in [6, 6.07) is 7.31. The summed E-state index contributed by atoms with van der Waals surface area (Å²) in [6.45, 7) is 1.81. The highest BCUT2D eigenvalue weighted by atomic mass is 16.4. The van der Waals surface area contributed by atoms with Crippen molar-refractivity contribution in [1.82, 2.24) is 0 Å². The summed E-state index contributed by atoms with van der Waals surface area (Å²) in [5, 5.41) is 0.816. The van der Waals surface area contributed by atoms with Gasteiger partial charge in [0, 0.05) is 5.39 Å². The van der Waals surface area contributed by atoms with Crippen LogP contribution in [0.1, 0.15) is 48.0 Å². The summed E-state index contributed by atoms with van der Waals surface area (Å²) in [5.41, 5.74) is 0.836. The standard InChI is InChI=1S/C19H20O3/c1-13-15-9-5-6-10-17(15)22-19(21)18(13)16(20)12-11-14-7-3-2-4-8-14/h5-6,9-12,14H,2-4,7-8H2,1H3/b12-11+. The molecule has 0 unspecified atom stereocenters. The van der Waals surface area contributed by atoms with Crippen LogP contribution in [0.2, 0.25) is 0 Å². The molecular formula is C19H20O3. The fraction of sp³-hybridized carbons (Fsp3) is 0.368. The first kappa shape index (κ1) is 14.8. The Balaban J connectivity index is 1.93. The molecule has 2 aromatic rings. The van der Waals surface area contributed by atoms with Crippen LogP contribution in [0.15, 0.2) is 45.6 Å². The Morgan fingerprint density at radius 1 is 1.18 bits per heavy atom. The Bertz CT molecular complexity index is 777. The van der Waals surface area contributed by atoms with Crippen LogP contribution < -0.4 is 5.63 Å². The van der Waals surface area contributed by atoms with Gasteiger partial charge in [0.15, 0.2) is 5.78 Å². The van der Waals surface area contributed by atoms with Crippen LogP contribution in [0.3, 0.4) is 0 Å². The highest BCUT2D eigenvalue weighted by Gasteiger charge is 2.17. The average Bonchev–Trinajstić information content (AvgIpc) is 2.54. The van der Waals surface area contributed by atoms with Gasteiger partial charge in [-0.05, 0) is 43.4 Å². The van der Waals surface area contributed by atoms with Crippen LogP contribution in [0.5, 0.6) is 0 Å². The van der Waals surface area contributed by atoms with Crippen molar-refractivity contribution in [2.75, 3.05) is 0 Å². The lowest BCUT2D eigenvalue weighted by Crippen LogP contribution is -2.15. The summed E-state index contributed by atoms with van der Waals surface area (Å²) in [4.78, 5) is 24.6. The van der Waals surface area contributed by atoms with Gasteiger partial charge in [-0.25, -0.2) is 4.79 Å². The van der Waals surface area contributed by atoms with Gasteiger partial charge in [-0.3, -0.25) is 4.79 Å². The van der Waals surface area contributed by atoms with E-state index in [0.717, 1.165) is 18.2 Å². The van der Waals surface area contributed by atoms with Crippen molar-refractivity contribution in [3.05, 3.63) is 58.0 Å². The second kappa shape index (κ2) is 6.30. The van der Waals surface area contributed by atoms with E-state index < -0.39 is 5.63 Å². The largest absolute Gasteiger partial charge is 0.422 e. The first-order chi connectivity index (χ1) is 10.7. The van der Waals surface area contributed by atoms with Crippen LogP contribution in [0, 0.1) is 12.8 Å². The van der Waals surface area contributed by atoms with Gasteiger partial charge in [0.1, 0.15) is 11.1 Å². The van der Waals surface area contributed by atoms with E-state index in [1.54, 1.807) is 19.1 Å². The second-order valence-electron chi connectivity index (χ2n) is 6.01. The molecule has 22 heavy (non-hydrogen) atoms. The second-order valence-corrected chi connectivity index (χ2v) is 6.01. The van der Waals surface area contributed by atoms with Crippen molar-refractivity contribution in [3.8, 4) is 0 Å². The lowest BCUT2D eigenvalue weighted by atomic mass is 9.88. The molecule has 0 atom stereocenters. The minimum Gasteiger partial charge on any atom is -0.422 e. The highest BCUT2D eigenvalue weighted by molar-refractivity contribution is 6.07. The number of carbonyl (C=O) groups is 1. The molecule has 0 bridgehead atoms. The number of rotatable bonds is 3. The van der Waals surface area contributed by atoms with Crippen molar-refractivity contribution < 1.29 is 9.21 Å². The van der Waals surface area contributed by atoms with Crippen LogP contribution in [0.25, 0.3) is 11.0 Å². The fourth-order valence-corrected chi connectivity index (χ4v) is 3.22. The normalized spacial score (nSPS) is 16.4. The number of carbonyl (C=O) groups excluding carboxylic acids is 1. The Morgan fingerprint density at radius 3 is 2.68 bits per heavy atom. The van der Waals surface area contributed by atoms with E-state index in [1.807, 2.05) is 24.3 Å². The first-order valence-electron chi connectivity index (χ1n) is 7.92. The van der Waals surface area contributed by atoms with Gasteiger partial charge in [0.25, 0.3) is 0 Å². The minimum absolute atomic E-state index is 0.158. The molecule has 3 rings (SSSR count). The summed E-state index contributed by atoms with van der Waals surface area (Å²) >= 11 is 0. The maximum atomic E-state index is 12.4. The molecule has 1 aromatic heterocycles. The van der Waals surface area contributed by atoms with E-state index in [1.165, 1.54) is 19.3 Å². The summed E-state index contributed by atoms with van der Waals surface area (Å²) in [6.07, 6.45) is 9.52. The Kier molecular flexibility index (Phi) is 4.23. The number of ketones is 1. The summed E-state index contributed by atoms with van der Waals surface area (Å²) < 4.78 is 5.28. The van der Waals surface area contributed by atoms with E-state index >= 15 is 0 Å². The molecule has 1 fully saturated rings. The number of para-hydroxylation sites is 1. The van der Waals surface area contributed by atoms with Crippen molar-refractivity contribution in [1.29, 1.82) is 0 Å². The third kappa shape index (κ3) is 2.89. The molecule has 0 radical (unpaired) electrons. The fourth-order valence-electron chi connectivity index (χ4n) is 3.22. The van der Waals surface area contributed by atoms with Gasteiger partial charge >= 0.3 is 5.63 Å². The maximum absolute atomic E-state index is 12.4. The van der Waals surface area contributed by atoms with Crippen LogP contribution >= 0.6 is 0 Å². The SMILES string of the molecule is Cc1c(C(=O)/C=C/C2CCCCC2)c(=O)oc2ccccc12. The molecule has 1 aliphatic carbocycles. The Hall–Kier alpha value is -2.16. The molecule has 0 aliphatic heterocycles. The predicted octanol–water partition coefficient (Wildman–Crippen LogP) is 4.42. The molecule has 1 heterocycles. The van der Waals surface area contributed by atoms with Crippen molar-refractivity contribution in [2.24, 2.45) is 5.92 Å². The Morgan fingerprint density at radius 2 is 1.91 bits per heavy atom. The van der Waals surface area contributed by atoms with Gasteiger partial charge in [0.2, 0.25) is 0 Å². The van der Waals surface area contributed by atoms with Crippen LogP contribution in [0.4, 0.5) is 0 Å². The molecule has 114 valence electrons. The monoisotopic (exact) mass is 296 g/mol. The van der Waals surface area contributed by atoms with Gasteiger partial charge < -0.3 is 4.42 Å². The Labute approximate surface area is 129 Å². The lowest BCUT2D eigenvalue weighted by molar-refractivity contribution is 0.104. The lowest BCUT2D eigenvalue weighted by Gasteiger charge is -2.17. The molecule has 3 nitrogen and oxygen atoms in total. The molecule has 1 aromatic carbocycles. The molecule has 0 saturated heterocycles. The van der Waals surface area contributed by atoms with Crippen molar-refractivity contribution in [2.45, 2.75) is 39.0 Å². The van der Waals surface area contributed by atoms with E-state index in [9.17, 15) is 9.59 Å². The topological polar surface area (TPSA) is 47.3 Å². The highest BCUT2D eigenvalue weighted by Crippen LogP contribution is 2.25. The van der Waals surface area contributed by atoms with E-state index in [-0.39, 0.29) is 11.3 Å². The van der Waals surface area contributed by atoms with Gasteiger partial charge in [-0.15, -0.1) is 0 Å². The third-order valence-corrected chi connectivity index (χ3v) is 4.49. The maximum Gasteiger partial charge on any atom is 0.347 e. The number of aryl methyl sites for hydroxylation is 1. The number of benzene rings is 1. The van der Waals surface area contributed by atoms with Crippen molar-refractivity contribution >= 4 is 16.8 Å². The molecule has 1 aliphatic rings. The molecule has 0 spiro atoms.